The van der Waals surface area contributed by atoms with Gasteiger partial charge in [-0.2, -0.15) is 0 Å². The average molecular weight is 273 g/mol. The van der Waals surface area contributed by atoms with Gasteiger partial charge in [0.2, 0.25) is 5.91 Å². The first kappa shape index (κ1) is 16.6. The minimum absolute atomic E-state index is 0. The average Bonchev–Trinajstić information content (AvgIpc) is 2.14. The minimum atomic E-state index is -0.0257. The third kappa shape index (κ3) is 5.27. The van der Waals surface area contributed by atoms with E-state index >= 15 is 0 Å². The lowest BCUT2D eigenvalue weighted by atomic mass is 9.92. The molecule has 1 amide bonds. The molecule has 0 unspecified atom stereocenters. The van der Waals surface area contributed by atoms with E-state index in [1.54, 1.807) is 25.3 Å². The van der Waals surface area contributed by atoms with Crippen LogP contribution in [0.15, 0.2) is 18.2 Å². The van der Waals surface area contributed by atoms with Crippen LogP contribution in [0.1, 0.15) is 27.2 Å². The molecule has 0 atom stereocenters. The first-order valence-electron chi connectivity index (χ1n) is 5.55. The van der Waals surface area contributed by atoms with Gasteiger partial charge in [0.15, 0.2) is 0 Å². The van der Waals surface area contributed by atoms with E-state index in [4.69, 9.17) is 10.5 Å². The van der Waals surface area contributed by atoms with Gasteiger partial charge in [0, 0.05) is 12.1 Å². The zero-order valence-electron chi connectivity index (χ0n) is 11.2. The van der Waals surface area contributed by atoms with Gasteiger partial charge in [-0.15, -0.1) is 12.4 Å². The highest BCUT2D eigenvalue weighted by Gasteiger charge is 2.16. The van der Waals surface area contributed by atoms with E-state index < -0.39 is 0 Å². The Morgan fingerprint density at radius 2 is 2.00 bits per heavy atom. The molecule has 1 aromatic carbocycles. The van der Waals surface area contributed by atoms with Crippen molar-refractivity contribution in [3.63, 3.8) is 0 Å². The number of rotatable bonds is 3. The van der Waals surface area contributed by atoms with Crippen LogP contribution >= 0.6 is 12.4 Å². The van der Waals surface area contributed by atoms with Crippen molar-refractivity contribution in [3.8, 4) is 5.75 Å². The van der Waals surface area contributed by atoms with E-state index in [0.717, 1.165) is 0 Å². The summed E-state index contributed by atoms with van der Waals surface area (Å²) in [7, 11) is 1.56. The van der Waals surface area contributed by atoms with Gasteiger partial charge >= 0.3 is 0 Å². The number of benzene rings is 1. The molecule has 0 aliphatic carbocycles. The molecule has 1 rings (SSSR count). The number of carbonyl (C=O) groups excluding carboxylic acids is 1. The van der Waals surface area contributed by atoms with Gasteiger partial charge in [-0.3, -0.25) is 4.79 Å². The molecule has 4 nitrogen and oxygen atoms in total. The number of carbonyl (C=O) groups is 1. The number of nitrogens with one attached hydrogen (secondary N) is 1. The van der Waals surface area contributed by atoms with Gasteiger partial charge in [-0.1, -0.05) is 20.8 Å². The van der Waals surface area contributed by atoms with Crippen LogP contribution in [0, 0.1) is 5.41 Å². The lowest BCUT2D eigenvalue weighted by Crippen LogP contribution is -2.19. The molecule has 0 heterocycles. The molecule has 18 heavy (non-hydrogen) atoms. The molecule has 0 spiro atoms. The molecule has 5 heteroatoms. The number of methoxy groups -OCH3 is 1. The Morgan fingerprint density at radius 1 is 1.39 bits per heavy atom. The van der Waals surface area contributed by atoms with Crippen LogP contribution < -0.4 is 15.8 Å². The zero-order chi connectivity index (χ0) is 13.1. The predicted molar refractivity (Wildman–Crippen MR) is 77.4 cm³/mol. The molecule has 0 saturated carbocycles. The number of anilines is 2. The Morgan fingerprint density at radius 3 is 2.44 bits per heavy atom. The van der Waals surface area contributed by atoms with Gasteiger partial charge in [-0.25, -0.2) is 0 Å². The molecule has 1 aromatic rings. The maximum Gasteiger partial charge on any atom is 0.224 e. The van der Waals surface area contributed by atoms with Crippen molar-refractivity contribution in [2.45, 2.75) is 27.2 Å². The normalized spacial score (nSPS) is 10.4. The van der Waals surface area contributed by atoms with E-state index in [2.05, 4.69) is 5.32 Å². The van der Waals surface area contributed by atoms with Gasteiger partial charge in [0.1, 0.15) is 5.75 Å². The number of hydrogen-bond acceptors (Lipinski definition) is 3. The number of halogens is 1. The smallest absolute Gasteiger partial charge is 0.224 e. The van der Waals surface area contributed by atoms with E-state index in [0.29, 0.717) is 23.5 Å². The van der Waals surface area contributed by atoms with Crippen LogP contribution in [0.2, 0.25) is 0 Å². The predicted octanol–water partition coefficient (Wildman–Crippen LogP) is 3.07. The second kappa shape index (κ2) is 6.50. The lowest BCUT2D eigenvalue weighted by Gasteiger charge is -2.17. The first-order chi connectivity index (χ1) is 7.81. The van der Waals surface area contributed by atoms with E-state index in [-0.39, 0.29) is 23.7 Å². The summed E-state index contributed by atoms with van der Waals surface area (Å²) in [6.07, 6.45) is 0.471. The Kier molecular flexibility index (Phi) is 5.98. The fourth-order valence-electron chi connectivity index (χ4n) is 1.50. The maximum atomic E-state index is 11.7. The number of nitrogens with two attached hydrogens (primary N) is 1. The monoisotopic (exact) mass is 272 g/mol. The number of nitrogen functional groups attached to an aromatic ring is 1. The Hall–Kier alpha value is -1.42. The number of hydrogen-bond donors (Lipinski definition) is 2. The summed E-state index contributed by atoms with van der Waals surface area (Å²) in [4.78, 5) is 11.7. The van der Waals surface area contributed by atoms with Gasteiger partial charge < -0.3 is 15.8 Å². The molecule has 0 radical (unpaired) electrons. The summed E-state index contributed by atoms with van der Waals surface area (Å²) in [5, 5.41) is 2.82. The number of amides is 1. The van der Waals surface area contributed by atoms with Crippen molar-refractivity contribution in [2.24, 2.45) is 5.41 Å². The fourth-order valence-corrected chi connectivity index (χ4v) is 1.50. The summed E-state index contributed by atoms with van der Waals surface area (Å²) >= 11 is 0. The molecule has 0 fully saturated rings. The van der Waals surface area contributed by atoms with Crippen LogP contribution in [0.25, 0.3) is 0 Å². The van der Waals surface area contributed by atoms with Crippen LogP contribution in [-0.4, -0.2) is 13.0 Å². The molecular weight excluding hydrogens is 252 g/mol. The molecule has 0 aliphatic rings. The van der Waals surface area contributed by atoms with Crippen molar-refractivity contribution >= 4 is 29.7 Å². The Labute approximate surface area is 114 Å². The second-order valence-electron chi connectivity index (χ2n) is 5.24. The Bertz CT molecular complexity index is 414. The van der Waals surface area contributed by atoms with Crippen LogP contribution in [0.5, 0.6) is 5.75 Å². The van der Waals surface area contributed by atoms with Gasteiger partial charge in [-0.05, 0) is 23.6 Å². The standard InChI is InChI=1S/C13H20N2O2.ClH/c1-13(2,3)8-12(16)15-9-5-6-11(17-4)10(14)7-9;/h5-7H,8,14H2,1-4H3,(H,15,16);1H. The van der Waals surface area contributed by atoms with Crippen LogP contribution in [0.3, 0.4) is 0 Å². The van der Waals surface area contributed by atoms with E-state index in [9.17, 15) is 4.79 Å². The summed E-state index contributed by atoms with van der Waals surface area (Å²) in [6, 6.07) is 5.21. The van der Waals surface area contributed by atoms with Crippen molar-refractivity contribution in [2.75, 3.05) is 18.2 Å². The first-order valence-corrected chi connectivity index (χ1v) is 5.55. The molecule has 102 valence electrons. The van der Waals surface area contributed by atoms with Crippen molar-refractivity contribution < 1.29 is 9.53 Å². The summed E-state index contributed by atoms with van der Waals surface area (Å²) < 4.78 is 5.05. The van der Waals surface area contributed by atoms with Crippen molar-refractivity contribution in [1.29, 1.82) is 0 Å². The largest absolute Gasteiger partial charge is 0.495 e. The quantitative estimate of drug-likeness (QED) is 0.831. The minimum Gasteiger partial charge on any atom is -0.495 e. The van der Waals surface area contributed by atoms with Gasteiger partial charge in [0.05, 0.1) is 12.8 Å². The Balaban J connectivity index is 0.00000289. The van der Waals surface area contributed by atoms with E-state index in [1.807, 2.05) is 20.8 Å². The molecule has 0 bridgehead atoms. The third-order valence-corrected chi connectivity index (χ3v) is 2.20. The summed E-state index contributed by atoms with van der Waals surface area (Å²) in [5.41, 5.74) is 6.94. The lowest BCUT2D eigenvalue weighted by molar-refractivity contribution is -0.117. The molecule has 0 aliphatic heterocycles. The molecular formula is C13H21ClN2O2. The zero-order valence-corrected chi connectivity index (χ0v) is 12.1. The highest BCUT2D eigenvalue weighted by molar-refractivity contribution is 5.91. The van der Waals surface area contributed by atoms with Crippen molar-refractivity contribution in [3.05, 3.63) is 18.2 Å². The SMILES string of the molecule is COc1ccc(NC(=O)CC(C)(C)C)cc1N.Cl. The third-order valence-electron chi connectivity index (χ3n) is 2.20. The van der Waals surface area contributed by atoms with E-state index in [1.165, 1.54) is 0 Å². The topological polar surface area (TPSA) is 64.3 Å². The molecule has 0 saturated heterocycles. The summed E-state index contributed by atoms with van der Waals surface area (Å²) in [5.74, 6) is 0.598. The highest BCUT2D eigenvalue weighted by Crippen LogP contribution is 2.25. The molecule has 0 aromatic heterocycles. The fraction of sp³-hybridized carbons (Fsp3) is 0.462. The molecule has 3 N–H and O–H groups in total. The van der Waals surface area contributed by atoms with Crippen molar-refractivity contribution in [1.82, 2.24) is 0 Å². The van der Waals surface area contributed by atoms with Crippen LogP contribution in [0.4, 0.5) is 11.4 Å². The maximum absolute atomic E-state index is 11.7. The summed E-state index contributed by atoms with van der Waals surface area (Å²) in [6.45, 7) is 6.07. The number of ether oxygens (including phenoxy) is 1. The highest BCUT2D eigenvalue weighted by atomic mass is 35.5. The van der Waals surface area contributed by atoms with Gasteiger partial charge in [0.25, 0.3) is 0 Å². The van der Waals surface area contributed by atoms with Crippen LogP contribution in [-0.2, 0) is 4.79 Å². The second-order valence-corrected chi connectivity index (χ2v) is 5.24.